The number of hydrogen-bond acceptors (Lipinski definition) is 4. The van der Waals surface area contributed by atoms with Crippen LogP contribution in [-0.4, -0.2) is 27.2 Å². The first-order valence-corrected chi connectivity index (χ1v) is 6.14. The Hall–Kier alpha value is -2.25. The molecule has 1 aliphatic heterocycles. The molecule has 8 heteroatoms. The zero-order chi connectivity index (χ0) is 14.3. The molecule has 2 aromatic heterocycles. The Morgan fingerprint density at radius 3 is 2.95 bits per heavy atom. The average molecular weight is 282 g/mol. The Morgan fingerprint density at radius 1 is 1.45 bits per heavy atom. The van der Waals surface area contributed by atoms with Crippen LogP contribution in [0.3, 0.4) is 0 Å². The van der Waals surface area contributed by atoms with Gasteiger partial charge in [-0.1, -0.05) is 6.92 Å². The second kappa shape index (κ2) is 4.69. The van der Waals surface area contributed by atoms with Crippen LogP contribution in [-0.2, 0) is 6.54 Å². The molecule has 0 fully saturated rings. The number of aromatic nitrogens is 3. The summed E-state index contributed by atoms with van der Waals surface area (Å²) in [6, 6.07) is 2.36. The first-order valence-electron chi connectivity index (χ1n) is 6.14. The molecule has 6 nitrogen and oxygen atoms in total. The Labute approximate surface area is 113 Å². The van der Waals surface area contributed by atoms with Crippen molar-refractivity contribution in [2.24, 2.45) is 5.92 Å². The minimum atomic E-state index is -2.74. The van der Waals surface area contributed by atoms with Crippen molar-refractivity contribution in [1.82, 2.24) is 14.8 Å². The number of nitrogens with zero attached hydrogens (tertiary/aromatic N) is 4. The second-order valence-corrected chi connectivity index (χ2v) is 4.77. The summed E-state index contributed by atoms with van der Waals surface area (Å²) >= 11 is 0. The lowest BCUT2D eigenvalue weighted by molar-refractivity contribution is 0.0918. The van der Waals surface area contributed by atoms with E-state index >= 15 is 0 Å². The van der Waals surface area contributed by atoms with Gasteiger partial charge in [-0.3, -0.25) is 9.69 Å². The molecule has 3 rings (SSSR count). The standard InChI is InChI=1S/C12H12F2N4O2/c1-7-4-17(12-15-6-16-18(12)5-7)11(19)9-3-2-8(20-9)10(13)14/h2-3,6-7,10H,4-5H2,1H3/t7-/m1/s1. The quantitative estimate of drug-likeness (QED) is 0.846. The molecule has 1 amide bonds. The number of carbonyl (C=O) groups is 1. The summed E-state index contributed by atoms with van der Waals surface area (Å²) < 4.78 is 31.5. The predicted molar refractivity (Wildman–Crippen MR) is 64.5 cm³/mol. The number of halogens is 2. The summed E-state index contributed by atoms with van der Waals surface area (Å²) in [5.74, 6) is -0.526. The molecular weight excluding hydrogens is 270 g/mol. The van der Waals surface area contributed by atoms with Crippen molar-refractivity contribution in [3.8, 4) is 0 Å². The third-order valence-electron chi connectivity index (χ3n) is 3.11. The van der Waals surface area contributed by atoms with E-state index in [4.69, 9.17) is 4.42 Å². The minimum absolute atomic E-state index is 0.121. The highest BCUT2D eigenvalue weighted by atomic mass is 19.3. The lowest BCUT2D eigenvalue weighted by atomic mass is 10.1. The number of alkyl halides is 2. The van der Waals surface area contributed by atoms with Crippen LogP contribution in [0.15, 0.2) is 22.9 Å². The third kappa shape index (κ3) is 2.06. The SMILES string of the molecule is C[C@@H]1CN(C(=O)c2ccc(C(F)F)o2)c2ncnn2C1. The number of hydrogen-bond donors (Lipinski definition) is 0. The van der Waals surface area contributed by atoms with Gasteiger partial charge in [0.25, 0.3) is 12.3 Å². The van der Waals surface area contributed by atoms with E-state index in [0.29, 0.717) is 19.0 Å². The van der Waals surface area contributed by atoms with Crippen LogP contribution in [0.4, 0.5) is 14.7 Å². The molecule has 20 heavy (non-hydrogen) atoms. The smallest absolute Gasteiger partial charge is 0.296 e. The molecule has 0 saturated carbocycles. The first kappa shape index (κ1) is 12.8. The lowest BCUT2D eigenvalue weighted by Gasteiger charge is -2.29. The van der Waals surface area contributed by atoms with Crippen molar-refractivity contribution in [2.45, 2.75) is 19.9 Å². The Bertz CT molecular complexity index is 637. The van der Waals surface area contributed by atoms with E-state index in [-0.39, 0.29) is 11.7 Å². The van der Waals surface area contributed by atoms with Gasteiger partial charge in [-0.05, 0) is 18.1 Å². The zero-order valence-corrected chi connectivity index (χ0v) is 10.7. The summed E-state index contributed by atoms with van der Waals surface area (Å²) in [7, 11) is 0. The van der Waals surface area contributed by atoms with E-state index in [9.17, 15) is 13.6 Å². The Kier molecular flexibility index (Phi) is 3.00. The van der Waals surface area contributed by atoms with Gasteiger partial charge in [-0.25, -0.2) is 13.5 Å². The number of anilines is 1. The van der Waals surface area contributed by atoms with Gasteiger partial charge in [0, 0.05) is 13.1 Å². The molecule has 0 aromatic carbocycles. The van der Waals surface area contributed by atoms with Crippen LogP contribution < -0.4 is 4.90 Å². The van der Waals surface area contributed by atoms with Gasteiger partial charge in [0.1, 0.15) is 6.33 Å². The Morgan fingerprint density at radius 2 is 2.25 bits per heavy atom. The Balaban J connectivity index is 1.91. The molecule has 0 bridgehead atoms. The number of furan rings is 1. The van der Waals surface area contributed by atoms with Gasteiger partial charge >= 0.3 is 0 Å². The van der Waals surface area contributed by atoms with Crippen LogP contribution in [0.2, 0.25) is 0 Å². The number of carbonyl (C=O) groups excluding carboxylic acids is 1. The fraction of sp³-hybridized carbons (Fsp3) is 0.417. The molecule has 2 aromatic rings. The molecule has 0 radical (unpaired) electrons. The molecule has 3 heterocycles. The summed E-state index contributed by atoms with van der Waals surface area (Å²) in [4.78, 5) is 17.8. The highest BCUT2D eigenvalue weighted by molar-refractivity contribution is 6.03. The maximum Gasteiger partial charge on any atom is 0.296 e. The average Bonchev–Trinajstić information content (AvgIpc) is 3.05. The fourth-order valence-corrected chi connectivity index (χ4v) is 2.23. The van der Waals surface area contributed by atoms with Gasteiger partial charge < -0.3 is 4.42 Å². The third-order valence-corrected chi connectivity index (χ3v) is 3.11. The maximum atomic E-state index is 12.5. The van der Waals surface area contributed by atoms with Crippen LogP contribution in [0.25, 0.3) is 0 Å². The highest BCUT2D eigenvalue weighted by Gasteiger charge is 2.31. The van der Waals surface area contributed by atoms with Crippen LogP contribution in [0.5, 0.6) is 0 Å². The van der Waals surface area contributed by atoms with E-state index in [0.717, 1.165) is 6.07 Å². The van der Waals surface area contributed by atoms with Crippen molar-refractivity contribution in [3.05, 3.63) is 30.0 Å². The van der Waals surface area contributed by atoms with Crippen molar-refractivity contribution in [1.29, 1.82) is 0 Å². The first-order chi connectivity index (χ1) is 9.56. The monoisotopic (exact) mass is 282 g/mol. The topological polar surface area (TPSA) is 64.2 Å². The number of rotatable bonds is 2. The van der Waals surface area contributed by atoms with E-state index in [1.54, 1.807) is 4.68 Å². The number of fused-ring (bicyclic) bond motifs is 1. The molecule has 0 saturated heterocycles. The van der Waals surface area contributed by atoms with Crippen molar-refractivity contribution in [3.63, 3.8) is 0 Å². The van der Waals surface area contributed by atoms with Crippen LogP contribution in [0.1, 0.15) is 29.7 Å². The normalized spacial score (nSPS) is 18.4. The van der Waals surface area contributed by atoms with E-state index in [2.05, 4.69) is 10.1 Å². The van der Waals surface area contributed by atoms with Gasteiger partial charge in [0.2, 0.25) is 5.95 Å². The largest absolute Gasteiger partial charge is 0.450 e. The molecule has 1 atom stereocenters. The lowest BCUT2D eigenvalue weighted by Crippen LogP contribution is -2.41. The summed E-state index contributed by atoms with van der Waals surface area (Å²) in [5, 5.41) is 4.03. The molecule has 106 valence electrons. The highest BCUT2D eigenvalue weighted by Crippen LogP contribution is 2.25. The van der Waals surface area contributed by atoms with Crippen molar-refractivity contribution < 1.29 is 18.0 Å². The van der Waals surface area contributed by atoms with E-state index < -0.39 is 18.1 Å². The van der Waals surface area contributed by atoms with Gasteiger partial charge in [-0.2, -0.15) is 10.1 Å². The van der Waals surface area contributed by atoms with Crippen LogP contribution in [0, 0.1) is 5.92 Å². The molecule has 0 aliphatic carbocycles. The van der Waals surface area contributed by atoms with Gasteiger partial charge in [0.15, 0.2) is 11.5 Å². The fourth-order valence-electron chi connectivity index (χ4n) is 2.23. The molecule has 0 spiro atoms. The molecule has 1 aliphatic rings. The molecule has 0 N–H and O–H groups in total. The minimum Gasteiger partial charge on any atom is -0.450 e. The van der Waals surface area contributed by atoms with Crippen molar-refractivity contribution in [2.75, 3.05) is 11.4 Å². The van der Waals surface area contributed by atoms with Gasteiger partial charge in [-0.15, -0.1) is 0 Å². The van der Waals surface area contributed by atoms with E-state index in [1.165, 1.54) is 17.3 Å². The van der Waals surface area contributed by atoms with Crippen molar-refractivity contribution >= 4 is 11.9 Å². The summed E-state index contributed by atoms with van der Waals surface area (Å²) in [6.07, 6.45) is -1.37. The zero-order valence-electron chi connectivity index (χ0n) is 10.7. The summed E-state index contributed by atoms with van der Waals surface area (Å²) in [6.45, 7) is 3.08. The van der Waals surface area contributed by atoms with Crippen LogP contribution >= 0.6 is 0 Å². The second-order valence-electron chi connectivity index (χ2n) is 4.77. The number of amides is 1. The predicted octanol–water partition coefficient (Wildman–Crippen LogP) is 2.11. The summed E-state index contributed by atoms with van der Waals surface area (Å²) in [5.41, 5.74) is 0. The molecular formula is C12H12F2N4O2. The maximum absolute atomic E-state index is 12.5. The van der Waals surface area contributed by atoms with Gasteiger partial charge in [0.05, 0.1) is 0 Å². The van der Waals surface area contributed by atoms with E-state index in [1.807, 2.05) is 6.92 Å². The molecule has 0 unspecified atom stereocenters.